The van der Waals surface area contributed by atoms with Gasteiger partial charge in [-0.25, -0.2) is 0 Å². The summed E-state index contributed by atoms with van der Waals surface area (Å²) in [7, 11) is 3.66. The molecule has 0 spiro atoms. The molecule has 1 aliphatic carbocycles. The van der Waals surface area contributed by atoms with Gasteiger partial charge in [-0.05, 0) is 62.0 Å². The molecule has 1 saturated heterocycles. The molecule has 0 radical (unpaired) electrons. The molecule has 24 heavy (non-hydrogen) atoms. The third-order valence-electron chi connectivity index (χ3n) is 5.52. The topological polar surface area (TPSA) is 32.8 Å². The van der Waals surface area contributed by atoms with Crippen molar-refractivity contribution in [3.8, 4) is 5.75 Å². The van der Waals surface area contributed by atoms with Crippen molar-refractivity contribution in [1.29, 1.82) is 0 Å². The second-order valence-corrected chi connectivity index (χ2v) is 6.84. The standard InChI is InChI=1S/C19H28N2O2.ClH/c1-14(22)20(2)19-17-9-8-16(23-3)13-15(17)7-10-18(19)21-11-5-4-6-12-21;/h8-9,13,18-19H,4-7,10-12H2,1-3H3;1H/t18-,19-;/m0./s1. The lowest BCUT2D eigenvalue weighted by atomic mass is 9.81. The van der Waals surface area contributed by atoms with Crippen molar-refractivity contribution in [2.75, 3.05) is 27.2 Å². The number of nitrogens with zero attached hydrogens (tertiary/aromatic N) is 2. The van der Waals surface area contributed by atoms with E-state index >= 15 is 0 Å². The number of likely N-dealkylation sites (tertiary alicyclic amines) is 1. The van der Waals surface area contributed by atoms with Crippen LogP contribution >= 0.6 is 12.4 Å². The van der Waals surface area contributed by atoms with Gasteiger partial charge in [0.05, 0.1) is 13.2 Å². The summed E-state index contributed by atoms with van der Waals surface area (Å²) in [6.45, 7) is 4.00. The zero-order valence-corrected chi connectivity index (χ0v) is 15.8. The number of benzene rings is 1. The Kier molecular flexibility index (Phi) is 6.53. The molecule has 1 aliphatic heterocycles. The Morgan fingerprint density at radius 1 is 1.25 bits per heavy atom. The van der Waals surface area contributed by atoms with Crippen LogP contribution in [-0.2, 0) is 11.2 Å². The minimum absolute atomic E-state index is 0. The Morgan fingerprint density at radius 3 is 2.58 bits per heavy atom. The Bertz CT molecular complexity index is 572. The van der Waals surface area contributed by atoms with Crippen LogP contribution in [0.2, 0.25) is 0 Å². The predicted molar refractivity (Wildman–Crippen MR) is 99.0 cm³/mol. The van der Waals surface area contributed by atoms with E-state index in [-0.39, 0.29) is 24.4 Å². The van der Waals surface area contributed by atoms with Crippen molar-refractivity contribution >= 4 is 18.3 Å². The van der Waals surface area contributed by atoms with Crippen molar-refractivity contribution in [2.24, 2.45) is 0 Å². The summed E-state index contributed by atoms with van der Waals surface area (Å²) in [5.74, 6) is 1.05. The highest BCUT2D eigenvalue weighted by Gasteiger charge is 2.37. The fraction of sp³-hybridized carbons (Fsp3) is 0.632. The second kappa shape index (κ2) is 8.21. The number of likely N-dealkylation sites (N-methyl/N-ethyl adjacent to an activating group) is 1. The quantitative estimate of drug-likeness (QED) is 0.835. The van der Waals surface area contributed by atoms with Gasteiger partial charge in [0.2, 0.25) is 5.91 Å². The molecule has 0 bridgehead atoms. The number of piperidine rings is 1. The summed E-state index contributed by atoms with van der Waals surface area (Å²) in [5, 5.41) is 0. The first kappa shape index (κ1) is 19.1. The third kappa shape index (κ3) is 3.70. The van der Waals surface area contributed by atoms with Crippen LogP contribution in [0.1, 0.15) is 49.8 Å². The highest BCUT2D eigenvalue weighted by molar-refractivity contribution is 5.85. The average Bonchev–Trinajstić information content (AvgIpc) is 2.60. The molecule has 4 nitrogen and oxygen atoms in total. The van der Waals surface area contributed by atoms with E-state index < -0.39 is 0 Å². The van der Waals surface area contributed by atoms with Crippen LogP contribution in [0.15, 0.2) is 18.2 Å². The summed E-state index contributed by atoms with van der Waals surface area (Å²) >= 11 is 0. The van der Waals surface area contributed by atoms with Crippen molar-refractivity contribution in [3.63, 3.8) is 0 Å². The van der Waals surface area contributed by atoms with E-state index in [0.717, 1.165) is 18.6 Å². The normalized spacial score (nSPS) is 23.8. The summed E-state index contributed by atoms with van der Waals surface area (Å²) in [4.78, 5) is 16.6. The minimum atomic E-state index is 0. The Hall–Kier alpha value is -1.26. The van der Waals surface area contributed by atoms with Gasteiger partial charge in [0.1, 0.15) is 5.75 Å². The van der Waals surface area contributed by atoms with Crippen LogP contribution in [0.3, 0.4) is 0 Å². The summed E-state index contributed by atoms with van der Waals surface area (Å²) < 4.78 is 5.38. The van der Waals surface area contributed by atoms with Crippen LogP contribution in [0, 0.1) is 0 Å². The lowest BCUT2D eigenvalue weighted by molar-refractivity contribution is -0.131. The molecule has 1 amide bonds. The van der Waals surface area contributed by atoms with Crippen LogP contribution in [-0.4, -0.2) is 49.0 Å². The molecule has 2 aliphatic rings. The number of aryl methyl sites for hydroxylation is 1. The first-order valence-electron chi connectivity index (χ1n) is 8.76. The summed E-state index contributed by atoms with van der Waals surface area (Å²) in [6, 6.07) is 6.92. The predicted octanol–water partition coefficient (Wildman–Crippen LogP) is 3.44. The number of rotatable bonds is 3. The molecule has 5 heteroatoms. The van der Waals surface area contributed by atoms with E-state index in [1.165, 1.54) is 43.5 Å². The fourth-order valence-corrected chi connectivity index (χ4v) is 4.18. The maximum Gasteiger partial charge on any atom is 0.219 e. The molecule has 0 N–H and O–H groups in total. The van der Waals surface area contributed by atoms with Crippen molar-refractivity contribution in [3.05, 3.63) is 29.3 Å². The van der Waals surface area contributed by atoms with Gasteiger partial charge in [-0.3, -0.25) is 9.69 Å². The molecule has 1 heterocycles. The number of carbonyl (C=O) groups excluding carboxylic acids is 1. The van der Waals surface area contributed by atoms with Gasteiger partial charge >= 0.3 is 0 Å². The maximum absolute atomic E-state index is 12.1. The SMILES string of the molecule is COc1ccc2c(c1)CC[C@H](N1CCCCC1)[C@H]2N(C)C(C)=O.Cl. The lowest BCUT2D eigenvalue weighted by Crippen LogP contribution is -2.50. The van der Waals surface area contributed by atoms with Gasteiger partial charge in [-0.1, -0.05) is 12.5 Å². The smallest absolute Gasteiger partial charge is 0.219 e. The van der Waals surface area contributed by atoms with Crippen LogP contribution in [0.4, 0.5) is 0 Å². The van der Waals surface area contributed by atoms with E-state index in [1.54, 1.807) is 14.0 Å². The molecular formula is C19H29ClN2O2. The minimum Gasteiger partial charge on any atom is -0.497 e. The summed E-state index contributed by atoms with van der Waals surface area (Å²) in [6.07, 6.45) is 6.08. The van der Waals surface area contributed by atoms with Crippen LogP contribution in [0.5, 0.6) is 5.75 Å². The second-order valence-electron chi connectivity index (χ2n) is 6.84. The van der Waals surface area contributed by atoms with Crippen LogP contribution < -0.4 is 4.74 Å². The number of hydrogen-bond donors (Lipinski definition) is 0. The number of fused-ring (bicyclic) bond motifs is 1. The van der Waals surface area contributed by atoms with Crippen molar-refractivity contribution in [2.45, 2.75) is 51.1 Å². The highest BCUT2D eigenvalue weighted by atomic mass is 35.5. The van der Waals surface area contributed by atoms with Crippen molar-refractivity contribution < 1.29 is 9.53 Å². The molecule has 134 valence electrons. The van der Waals surface area contributed by atoms with E-state index in [9.17, 15) is 4.79 Å². The van der Waals surface area contributed by atoms with Crippen molar-refractivity contribution in [1.82, 2.24) is 9.80 Å². The van der Waals surface area contributed by atoms with Gasteiger partial charge in [-0.15, -0.1) is 12.4 Å². The first-order chi connectivity index (χ1) is 11.1. The van der Waals surface area contributed by atoms with Gasteiger partial charge in [-0.2, -0.15) is 0 Å². The van der Waals surface area contributed by atoms with Gasteiger partial charge in [0.25, 0.3) is 0 Å². The highest BCUT2D eigenvalue weighted by Crippen LogP contribution is 2.39. The van der Waals surface area contributed by atoms with Gasteiger partial charge in [0, 0.05) is 20.0 Å². The number of hydrogen-bond acceptors (Lipinski definition) is 3. The zero-order chi connectivity index (χ0) is 16.4. The van der Waals surface area contributed by atoms with Crippen LogP contribution in [0.25, 0.3) is 0 Å². The number of amides is 1. The largest absolute Gasteiger partial charge is 0.497 e. The van der Waals surface area contributed by atoms with Gasteiger partial charge in [0.15, 0.2) is 0 Å². The number of halogens is 1. The fourth-order valence-electron chi connectivity index (χ4n) is 4.18. The Balaban J connectivity index is 0.00000208. The molecule has 0 unspecified atom stereocenters. The molecule has 3 rings (SSSR count). The Morgan fingerprint density at radius 2 is 1.96 bits per heavy atom. The first-order valence-corrected chi connectivity index (χ1v) is 8.76. The van der Waals surface area contributed by atoms with E-state index in [4.69, 9.17) is 4.74 Å². The third-order valence-corrected chi connectivity index (χ3v) is 5.52. The molecule has 1 fully saturated rings. The molecular weight excluding hydrogens is 324 g/mol. The number of carbonyl (C=O) groups is 1. The average molecular weight is 353 g/mol. The molecule has 0 aromatic heterocycles. The Labute approximate surface area is 151 Å². The zero-order valence-electron chi connectivity index (χ0n) is 15.0. The van der Waals surface area contributed by atoms with E-state index in [2.05, 4.69) is 17.0 Å². The molecule has 1 aromatic rings. The number of methoxy groups -OCH3 is 1. The molecule has 1 aromatic carbocycles. The van der Waals surface area contributed by atoms with E-state index in [1.807, 2.05) is 18.0 Å². The van der Waals surface area contributed by atoms with E-state index in [0.29, 0.717) is 6.04 Å². The molecule has 2 atom stereocenters. The van der Waals surface area contributed by atoms with Gasteiger partial charge < -0.3 is 9.64 Å². The molecule has 0 saturated carbocycles. The monoisotopic (exact) mass is 352 g/mol. The summed E-state index contributed by atoms with van der Waals surface area (Å²) in [5.41, 5.74) is 2.63. The maximum atomic E-state index is 12.1. The lowest BCUT2D eigenvalue weighted by Gasteiger charge is -2.45. The number of ether oxygens (including phenoxy) is 1.